The largest absolute Gasteiger partial charge is 0.325 e. The van der Waals surface area contributed by atoms with Crippen molar-refractivity contribution in [1.82, 2.24) is 4.90 Å². The maximum absolute atomic E-state index is 12.0. The van der Waals surface area contributed by atoms with Gasteiger partial charge in [0.05, 0.1) is 6.54 Å². The summed E-state index contributed by atoms with van der Waals surface area (Å²) < 4.78 is 0. The third-order valence-electron chi connectivity index (χ3n) is 3.53. The third kappa shape index (κ3) is 3.57. The van der Waals surface area contributed by atoms with Crippen LogP contribution in [0.25, 0.3) is 0 Å². The lowest BCUT2D eigenvalue weighted by Crippen LogP contribution is -2.39. The molecule has 1 atom stereocenters. The van der Waals surface area contributed by atoms with E-state index in [1.54, 1.807) is 0 Å². The Morgan fingerprint density at radius 2 is 2.22 bits per heavy atom. The summed E-state index contributed by atoms with van der Waals surface area (Å²) in [6, 6.07) is 7.90. The summed E-state index contributed by atoms with van der Waals surface area (Å²) in [6.07, 6.45) is 2.49. The van der Waals surface area contributed by atoms with E-state index in [0.717, 1.165) is 24.3 Å². The number of para-hydroxylation sites is 1. The highest BCUT2D eigenvalue weighted by molar-refractivity contribution is 5.92. The topological polar surface area (TPSA) is 32.3 Å². The molecule has 18 heavy (non-hydrogen) atoms. The molecule has 1 heterocycles. The minimum atomic E-state index is 0.0957. The Kier molecular flexibility index (Phi) is 4.37. The van der Waals surface area contributed by atoms with Crippen molar-refractivity contribution < 1.29 is 4.79 Å². The maximum atomic E-state index is 12.0. The number of nitrogens with one attached hydrogen (secondary N) is 1. The fourth-order valence-electron chi connectivity index (χ4n) is 2.54. The fraction of sp³-hybridized carbons (Fsp3) is 0.533. The van der Waals surface area contributed by atoms with E-state index in [2.05, 4.69) is 17.1 Å². The van der Waals surface area contributed by atoms with Crippen LogP contribution in [0.2, 0.25) is 0 Å². The molecule has 3 nitrogen and oxygen atoms in total. The zero-order chi connectivity index (χ0) is 13.0. The lowest BCUT2D eigenvalue weighted by molar-refractivity contribution is -0.117. The smallest absolute Gasteiger partial charge is 0.238 e. The molecule has 1 N–H and O–H groups in total. The standard InChI is InChI=1S/C15H22N2O/c1-12-6-5-9-17(10-12)11-15(18)16-14-8-4-3-7-13(14)2/h3-4,7-8,12H,5-6,9-11H2,1-2H3,(H,16,18). The van der Waals surface area contributed by atoms with Crippen LogP contribution in [0.3, 0.4) is 0 Å². The van der Waals surface area contributed by atoms with Crippen molar-refractivity contribution in [2.75, 3.05) is 25.0 Å². The Bertz CT molecular complexity index is 417. The number of amides is 1. The summed E-state index contributed by atoms with van der Waals surface area (Å²) in [7, 11) is 0. The summed E-state index contributed by atoms with van der Waals surface area (Å²) in [6.45, 7) is 6.87. The molecule has 0 aliphatic carbocycles. The number of hydrogen-bond acceptors (Lipinski definition) is 2. The van der Waals surface area contributed by atoms with Gasteiger partial charge in [0.15, 0.2) is 0 Å². The van der Waals surface area contributed by atoms with Crippen LogP contribution >= 0.6 is 0 Å². The van der Waals surface area contributed by atoms with Gasteiger partial charge in [-0.1, -0.05) is 25.1 Å². The molecule has 2 rings (SSSR count). The van der Waals surface area contributed by atoms with Gasteiger partial charge in [-0.25, -0.2) is 0 Å². The van der Waals surface area contributed by atoms with Gasteiger partial charge in [0.25, 0.3) is 0 Å². The molecule has 1 aromatic carbocycles. The van der Waals surface area contributed by atoms with Crippen LogP contribution in [-0.4, -0.2) is 30.4 Å². The fourth-order valence-corrected chi connectivity index (χ4v) is 2.54. The first-order chi connectivity index (χ1) is 8.65. The van der Waals surface area contributed by atoms with Gasteiger partial charge in [0.1, 0.15) is 0 Å². The monoisotopic (exact) mass is 246 g/mol. The quantitative estimate of drug-likeness (QED) is 0.889. The second kappa shape index (κ2) is 6.01. The van der Waals surface area contributed by atoms with Crippen molar-refractivity contribution in [2.24, 2.45) is 5.92 Å². The lowest BCUT2D eigenvalue weighted by Gasteiger charge is -2.30. The van der Waals surface area contributed by atoms with Gasteiger partial charge < -0.3 is 5.32 Å². The van der Waals surface area contributed by atoms with Gasteiger partial charge in [0, 0.05) is 12.2 Å². The summed E-state index contributed by atoms with van der Waals surface area (Å²) in [5.41, 5.74) is 2.03. The number of likely N-dealkylation sites (tertiary alicyclic amines) is 1. The molecule has 1 saturated heterocycles. The number of rotatable bonds is 3. The van der Waals surface area contributed by atoms with Crippen LogP contribution in [-0.2, 0) is 4.79 Å². The first kappa shape index (κ1) is 13.1. The molecular weight excluding hydrogens is 224 g/mol. The van der Waals surface area contributed by atoms with E-state index in [0.29, 0.717) is 12.5 Å². The number of anilines is 1. The Morgan fingerprint density at radius 1 is 1.44 bits per heavy atom. The highest BCUT2D eigenvalue weighted by Crippen LogP contribution is 2.16. The van der Waals surface area contributed by atoms with E-state index >= 15 is 0 Å². The van der Waals surface area contributed by atoms with E-state index in [1.807, 2.05) is 31.2 Å². The van der Waals surface area contributed by atoms with E-state index in [1.165, 1.54) is 12.8 Å². The van der Waals surface area contributed by atoms with Crippen LogP contribution in [0.15, 0.2) is 24.3 Å². The molecular formula is C15H22N2O. The summed E-state index contributed by atoms with van der Waals surface area (Å²) in [4.78, 5) is 14.2. The van der Waals surface area contributed by atoms with Gasteiger partial charge in [-0.15, -0.1) is 0 Å². The second-order valence-corrected chi connectivity index (χ2v) is 5.35. The van der Waals surface area contributed by atoms with Crippen LogP contribution < -0.4 is 5.32 Å². The van der Waals surface area contributed by atoms with Crippen molar-refractivity contribution in [3.63, 3.8) is 0 Å². The molecule has 1 aromatic rings. The number of benzene rings is 1. The van der Waals surface area contributed by atoms with E-state index in [9.17, 15) is 4.79 Å². The molecule has 98 valence electrons. The zero-order valence-electron chi connectivity index (χ0n) is 11.3. The van der Waals surface area contributed by atoms with Crippen molar-refractivity contribution in [3.05, 3.63) is 29.8 Å². The average Bonchev–Trinajstić information content (AvgIpc) is 2.32. The van der Waals surface area contributed by atoms with Gasteiger partial charge in [-0.3, -0.25) is 9.69 Å². The highest BCUT2D eigenvalue weighted by Gasteiger charge is 2.18. The van der Waals surface area contributed by atoms with Crippen molar-refractivity contribution in [3.8, 4) is 0 Å². The van der Waals surface area contributed by atoms with Gasteiger partial charge >= 0.3 is 0 Å². The first-order valence-electron chi connectivity index (χ1n) is 6.73. The normalized spacial score (nSPS) is 20.7. The number of nitrogens with zero attached hydrogens (tertiary/aromatic N) is 1. The van der Waals surface area contributed by atoms with E-state index < -0.39 is 0 Å². The van der Waals surface area contributed by atoms with Crippen LogP contribution in [0.4, 0.5) is 5.69 Å². The van der Waals surface area contributed by atoms with Crippen molar-refractivity contribution in [2.45, 2.75) is 26.7 Å². The Hall–Kier alpha value is -1.35. The number of piperidine rings is 1. The van der Waals surface area contributed by atoms with E-state index in [4.69, 9.17) is 0 Å². The van der Waals surface area contributed by atoms with Gasteiger partial charge in [-0.05, 0) is 43.9 Å². The second-order valence-electron chi connectivity index (χ2n) is 5.35. The lowest BCUT2D eigenvalue weighted by atomic mass is 10.0. The number of carbonyl (C=O) groups is 1. The van der Waals surface area contributed by atoms with Crippen molar-refractivity contribution >= 4 is 11.6 Å². The van der Waals surface area contributed by atoms with Crippen LogP contribution in [0.1, 0.15) is 25.3 Å². The molecule has 0 aromatic heterocycles. The predicted molar refractivity (Wildman–Crippen MR) is 74.6 cm³/mol. The first-order valence-corrected chi connectivity index (χ1v) is 6.73. The molecule has 1 aliphatic heterocycles. The average molecular weight is 246 g/mol. The summed E-state index contributed by atoms with van der Waals surface area (Å²) in [5.74, 6) is 0.809. The van der Waals surface area contributed by atoms with Gasteiger partial charge in [-0.2, -0.15) is 0 Å². The zero-order valence-corrected chi connectivity index (χ0v) is 11.3. The number of hydrogen-bond donors (Lipinski definition) is 1. The third-order valence-corrected chi connectivity index (χ3v) is 3.53. The van der Waals surface area contributed by atoms with Crippen LogP contribution in [0, 0.1) is 12.8 Å². The SMILES string of the molecule is Cc1ccccc1NC(=O)CN1CCCC(C)C1. The van der Waals surface area contributed by atoms with E-state index in [-0.39, 0.29) is 5.91 Å². The maximum Gasteiger partial charge on any atom is 0.238 e. The molecule has 0 bridgehead atoms. The molecule has 0 saturated carbocycles. The molecule has 0 radical (unpaired) electrons. The number of aryl methyl sites for hydroxylation is 1. The van der Waals surface area contributed by atoms with Crippen molar-refractivity contribution in [1.29, 1.82) is 0 Å². The molecule has 1 amide bonds. The molecule has 1 aliphatic rings. The van der Waals surface area contributed by atoms with Crippen LogP contribution in [0.5, 0.6) is 0 Å². The molecule has 0 spiro atoms. The summed E-state index contributed by atoms with van der Waals surface area (Å²) in [5, 5.41) is 2.99. The Morgan fingerprint density at radius 3 is 2.94 bits per heavy atom. The molecule has 3 heteroatoms. The number of carbonyl (C=O) groups excluding carboxylic acids is 1. The van der Waals surface area contributed by atoms with Gasteiger partial charge in [0.2, 0.25) is 5.91 Å². The molecule has 1 unspecified atom stereocenters. The minimum absolute atomic E-state index is 0.0957. The predicted octanol–water partition coefficient (Wildman–Crippen LogP) is 2.67. The Balaban J connectivity index is 1.87. The molecule has 1 fully saturated rings. The Labute approximate surface area is 109 Å². The summed E-state index contributed by atoms with van der Waals surface area (Å²) >= 11 is 0. The highest BCUT2D eigenvalue weighted by atomic mass is 16.2. The minimum Gasteiger partial charge on any atom is -0.325 e.